The number of halogens is 1. The van der Waals surface area contributed by atoms with Gasteiger partial charge in [-0.3, -0.25) is 4.57 Å². The Morgan fingerprint density at radius 1 is 1.29 bits per heavy atom. The van der Waals surface area contributed by atoms with Crippen LogP contribution in [0.25, 0.3) is 0 Å². The first-order valence-corrected chi connectivity index (χ1v) is 8.17. The number of aromatic nitrogens is 3. The normalized spacial score (nSPS) is 11.6. The number of hydrogen-bond donors (Lipinski definition) is 1. The summed E-state index contributed by atoms with van der Waals surface area (Å²) in [6.07, 6.45) is 0.717. The molecule has 1 heterocycles. The number of ether oxygens (including phenoxy) is 1. The highest BCUT2D eigenvalue weighted by molar-refractivity contribution is 7.89. The van der Waals surface area contributed by atoms with Gasteiger partial charge in [-0.15, -0.1) is 10.2 Å². The van der Waals surface area contributed by atoms with Crippen molar-refractivity contribution in [2.45, 2.75) is 31.7 Å². The van der Waals surface area contributed by atoms with E-state index in [4.69, 9.17) is 21.5 Å². The maximum absolute atomic E-state index is 11.5. The zero-order valence-electron chi connectivity index (χ0n) is 11.4. The summed E-state index contributed by atoms with van der Waals surface area (Å²) in [4.78, 5) is 0. The first-order chi connectivity index (χ1) is 9.91. The van der Waals surface area contributed by atoms with E-state index in [1.54, 1.807) is 24.3 Å². The van der Waals surface area contributed by atoms with Crippen molar-refractivity contribution in [2.24, 2.45) is 5.14 Å². The van der Waals surface area contributed by atoms with Gasteiger partial charge in [-0.2, -0.15) is 0 Å². The summed E-state index contributed by atoms with van der Waals surface area (Å²) in [5.74, 6) is 0.999. The van der Waals surface area contributed by atoms with Crippen LogP contribution in [0.2, 0.25) is 5.02 Å². The molecule has 0 bridgehead atoms. The molecule has 0 saturated heterocycles. The van der Waals surface area contributed by atoms with E-state index >= 15 is 0 Å². The summed E-state index contributed by atoms with van der Waals surface area (Å²) in [5.41, 5.74) is 0. The fourth-order valence-corrected chi connectivity index (χ4v) is 2.55. The Labute approximate surface area is 127 Å². The van der Waals surface area contributed by atoms with Crippen LogP contribution < -0.4 is 9.88 Å². The van der Waals surface area contributed by atoms with Crippen LogP contribution in [0.15, 0.2) is 29.4 Å². The summed E-state index contributed by atoms with van der Waals surface area (Å²) in [6, 6.07) is 6.82. The summed E-state index contributed by atoms with van der Waals surface area (Å²) >= 11 is 5.79. The van der Waals surface area contributed by atoms with Gasteiger partial charge in [0.15, 0.2) is 5.82 Å². The Balaban J connectivity index is 2.20. The molecule has 0 amide bonds. The lowest BCUT2D eigenvalue weighted by Crippen LogP contribution is -2.20. The number of sulfonamides is 1. The van der Waals surface area contributed by atoms with Gasteiger partial charge in [0, 0.05) is 11.6 Å². The zero-order valence-corrected chi connectivity index (χ0v) is 12.9. The third-order valence-corrected chi connectivity index (χ3v) is 3.74. The van der Waals surface area contributed by atoms with Crippen molar-refractivity contribution in [3.05, 3.63) is 35.1 Å². The molecule has 0 spiro atoms. The van der Waals surface area contributed by atoms with Crippen molar-refractivity contribution in [1.29, 1.82) is 0 Å². The molecule has 114 valence electrons. The standard InChI is InChI=1S/C12H15ClN4O3S/c1-2-7-17-11(15-16-12(17)21(14,18)19)8-20-10-5-3-9(13)4-6-10/h3-6H,2,7-8H2,1H3,(H2,14,18,19). The maximum atomic E-state index is 11.5. The molecule has 21 heavy (non-hydrogen) atoms. The molecular formula is C12H15ClN4O3S. The van der Waals surface area contributed by atoms with Gasteiger partial charge >= 0.3 is 0 Å². The number of nitrogens with zero attached hydrogens (tertiary/aromatic N) is 3. The predicted octanol–water partition coefficient (Wildman–Crippen LogP) is 1.57. The number of primary sulfonamides is 1. The van der Waals surface area contributed by atoms with Crippen molar-refractivity contribution >= 4 is 21.6 Å². The molecule has 0 unspecified atom stereocenters. The minimum Gasteiger partial charge on any atom is -0.486 e. The molecule has 2 N–H and O–H groups in total. The minimum absolute atomic E-state index is 0.0875. The van der Waals surface area contributed by atoms with Gasteiger partial charge in [0.05, 0.1) is 0 Å². The number of rotatable bonds is 6. The number of nitrogens with two attached hydrogens (primary N) is 1. The summed E-state index contributed by atoms with van der Waals surface area (Å²) in [7, 11) is -3.91. The molecule has 0 aliphatic carbocycles. The van der Waals surface area contributed by atoms with E-state index in [0.717, 1.165) is 0 Å². The van der Waals surface area contributed by atoms with Gasteiger partial charge < -0.3 is 4.74 Å². The molecule has 2 aromatic rings. The predicted molar refractivity (Wildman–Crippen MR) is 77.5 cm³/mol. The molecule has 1 aromatic heterocycles. The first kappa shape index (κ1) is 15.7. The second-order valence-corrected chi connectivity index (χ2v) is 6.23. The van der Waals surface area contributed by atoms with Crippen LogP contribution in [0, 0.1) is 0 Å². The van der Waals surface area contributed by atoms with Crippen LogP contribution in [-0.2, 0) is 23.2 Å². The Hall–Kier alpha value is -1.64. The fraction of sp³-hybridized carbons (Fsp3) is 0.333. The third kappa shape index (κ3) is 3.93. The lowest BCUT2D eigenvalue weighted by molar-refractivity contribution is 0.287. The molecule has 0 radical (unpaired) electrons. The van der Waals surface area contributed by atoms with E-state index in [2.05, 4.69) is 10.2 Å². The van der Waals surface area contributed by atoms with Crippen LogP contribution in [0.4, 0.5) is 0 Å². The molecule has 0 fully saturated rings. The van der Waals surface area contributed by atoms with Crippen LogP contribution in [0.5, 0.6) is 5.75 Å². The minimum atomic E-state index is -3.91. The van der Waals surface area contributed by atoms with E-state index in [0.29, 0.717) is 29.6 Å². The van der Waals surface area contributed by atoms with Crippen molar-refractivity contribution in [2.75, 3.05) is 0 Å². The van der Waals surface area contributed by atoms with Crippen molar-refractivity contribution in [3.8, 4) is 5.75 Å². The highest BCUT2D eigenvalue weighted by atomic mass is 35.5. The average molecular weight is 331 g/mol. The molecule has 0 aliphatic rings. The molecule has 7 nitrogen and oxygen atoms in total. The number of hydrogen-bond acceptors (Lipinski definition) is 5. The first-order valence-electron chi connectivity index (χ1n) is 6.25. The second kappa shape index (κ2) is 6.42. The van der Waals surface area contributed by atoms with Crippen molar-refractivity contribution in [3.63, 3.8) is 0 Å². The molecule has 0 saturated carbocycles. The molecule has 9 heteroatoms. The Kier molecular flexibility index (Phi) is 4.81. The van der Waals surface area contributed by atoms with Gasteiger partial charge in [-0.1, -0.05) is 18.5 Å². The van der Waals surface area contributed by atoms with Crippen LogP contribution in [0.1, 0.15) is 19.2 Å². The van der Waals surface area contributed by atoms with Gasteiger partial charge in [0.2, 0.25) is 0 Å². The number of benzene rings is 1. The molecule has 1 aromatic carbocycles. The zero-order chi connectivity index (χ0) is 15.5. The molecule has 0 aliphatic heterocycles. The summed E-state index contributed by atoms with van der Waals surface area (Å²) in [6.45, 7) is 2.44. The Bertz CT molecular complexity index is 713. The van der Waals surface area contributed by atoms with Gasteiger partial charge in [0.1, 0.15) is 12.4 Å². The quantitative estimate of drug-likeness (QED) is 0.866. The SMILES string of the molecule is CCCn1c(COc2ccc(Cl)cc2)nnc1S(N)(=O)=O. The molecule has 0 atom stereocenters. The monoisotopic (exact) mass is 330 g/mol. The highest BCUT2D eigenvalue weighted by Crippen LogP contribution is 2.17. The topological polar surface area (TPSA) is 100 Å². The van der Waals surface area contributed by atoms with E-state index in [-0.39, 0.29) is 11.8 Å². The van der Waals surface area contributed by atoms with Gasteiger partial charge in [-0.05, 0) is 30.7 Å². The van der Waals surface area contributed by atoms with E-state index in [1.807, 2.05) is 6.92 Å². The third-order valence-electron chi connectivity index (χ3n) is 2.68. The lowest BCUT2D eigenvalue weighted by Gasteiger charge is -2.09. The maximum Gasteiger partial charge on any atom is 0.273 e. The van der Waals surface area contributed by atoms with Gasteiger partial charge in [0.25, 0.3) is 15.2 Å². The fourth-order valence-electron chi connectivity index (χ4n) is 1.76. The van der Waals surface area contributed by atoms with E-state index < -0.39 is 10.0 Å². The Morgan fingerprint density at radius 2 is 1.95 bits per heavy atom. The van der Waals surface area contributed by atoms with Crippen LogP contribution in [0.3, 0.4) is 0 Å². The van der Waals surface area contributed by atoms with Crippen LogP contribution >= 0.6 is 11.6 Å². The van der Waals surface area contributed by atoms with E-state index in [1.165, 1.54) is 4.57 Å². The van der Waals surface area contributed by atoms with Gasteiger partial charge in [-0.25, -0.2) is 13.6 Å². The largest absolute Gasteiger partial charge is 0.486 e. The highest BCUT2D eigenvalue weighted by Gasteiger charge is 2.20. The van der Waals surface area contributed by atoms with Crippen molar-refractivity contribution < 1.29 is 13.2 Å². The summed E-state index contributed by atoms with van der Waals surface area (Å²) in [5, 5.41) is 12.9. The molecular weight excluding hydrogens is 316 g/mol. The summed E-state index contributed by atoms with van der Waals surface area (Å²) < 4.78 is 29.9. The smallest absolute Gasteiger partial charge is 0.273 e. The van der Waals surface area contributed by atoms with E-state index in [9.17, 15) is 8.42 Å². The average Bonchev–Trinajstić information content (AvgIpc) is 2.82. The van der Waals surface area contributed by atoms with Crippen molar-refractivity contribution in [1.82, 2.24) is 14.8 Å². The van der Waals surface area contributed by atoms with Crippen LogP contribution in [-0.4, -0.2) is 23.2 Å². The lowest BCUT2D eigenvalue weighted by atomic mass is 10.3. The molecule has 2 rings (SSSR count). The second-order valence-electron chi connectivity index (χ2n) is 4.34. The Morgan fingerprint density at radius 3 is 2.52 bits per heavy atom.